The van der Waals surface area contributed by atoms with Gasteiger partial charge in [0.1, 0.15) is 0 Å². The SMILES string of the molecule is Cc1ccc(C(=O)/C=C/c2sccc2C)cc1[N+](=O)[O-]. The Bertz CT molecular complexity index is 701. The Balaban J connectivity index is 2.26. The second-order valence-electron chi connectivity index (χ2n) is 4.42. The number of allylic oxidation sites excluding steroid dienone is 1. The van der Waals surface area contributed by atoms with E-state index in [1.54, 1.807) is 36.5 Å². The number of benzene rings is 1. The lowest BCUT2D eigenvalue weighted by atomic mass is 10.1. The van der Waals surface area contributed by atoms with Gasteiger partial charge in [-0.1, -0.05) is 12.1 Å². The van der Waals surface area contributed by atoms with Crippen LogP contribution in [0.4, 0.5) is 5.69 Å². The monoisotopic (exact) mass is 287 g/mol. The van der Waals surface area contributed by atoms with E-state index in [2.05, 4.69) is 0 Å². The molecule has 0 saturated carbocycles. The number of carbonyl (C=O) groups excluding carboxylic acids is 1. The van der Waals surface area contributed by atoms with Gasteiger partial charge in [-0.3, -0.25) is 14.9 Å². The lowest BCUT2D eigenvalue weighted by Crippen LogP contribution is -1.98. The fourth-order valence-corrected chi connectivity index (χ4v) is 2.58. The number of carbonyl (C=O) groups is 1. The number of nitrogens with zero attached hydrogens (tertiary/aromatic N) is 1. The molecule has 0 radical (unpaired) electrons. The van der Waals surface area contributed by atoms with Gasteiger partial charge in [-0.2, -0.15) is 0 Å². The van der Waals surface area contributed by atoms with Crippen molar-refractivity contribution < 1.29 is 9.72 Å². The molecule has 5 heteroatoms. The van der Waals surface area contributed by atoms with Gasteiger partial charge in [0, 0.05) is 22.1 Å². The lowest BCUT2D eigenvalue weighted by molar-refractivity contribution is -0.385. The van der Waals surface area contributed by atoms with Crippen molar-refractivity contribution in [2.24, 2.45) is 0 Å². The molecule has 0 amide bonds. The summed E-state index contributed by atoms with van der Waals surface area (Å²) in [6, 6.07) is 6.50. The van der Waals surface area contributed by atoms with Crippen molar-refractivity contribution in [3.05, 3.63) is 67.4 Å². The highest BCUT2D eigenvalue weighted by Gasteiger charge is 2.13. The number of nitro benzene ring substituents is 1. The van der Waals surface area contributed by atoms with E-state index in [9.17, 15) is 14.9 Å². The Kier molecular flexibility index (Phi) is 4.10. The molecule has 0 aliphatic heterocycles. The van der Waals surface area contributed by atoms with Crippen molar-refractivity contribution in [1.82, 2.24) is 0 Å². The van der Waals surface area contributed by atoms with Gasteiger partial charge in [0.2, 0.25) is 0 Å². The molecule has 20 heavy (non-hydrogen) atoms. The smallest absolute Gasteiger partial charge is 0.273 e. The van der Waals surface area contributed by atoms with E-state index < -0.39 is 4.92 Å². The van der Waals surface area contributed by atoms with Crippen LogP contribution >= 0.6 is 11.3 Å². The molecule has 0 unspecified atom stereocenters. The molecule has 0 aliphatic rings. The van der Waals surface area contributed by atoms with Crippen molar-refractivity contribution in [3.63, 3.8) is 0 Å². The Labute approximate surface area is 120 Å². The Morgan fingerprint density at radius 1 is 1.25 bits per heavy atom. The van der Waals surface area contributed by atoms with E-state index in [0.717, 1.165) is 10.4 Å². The zero-order chi connectivity index (χ0) is 14.7. The summed E-state index contributed by atoms with van der Waals surface area (Å²) < 4.78 is 0. The van der Waals surface area contributed by atoms with Crippen LogP contribution in [0.1, 0.15) is 26.4 Å². The first-order valence-electron chi connectivity index (χ1n) is 6.00. The maximum atomic E-state index is 12.0. The second kappa shape index (κ2) is 5.79. The highest BCUT2D eigenvalue weighted by Crippen LogP contribution is 2.21. The van der Waals surface area contributed by atoms with Crippen LogP contribution in [-0.4, -0.2) is 10.7 Å². The number of thiophene rings is 1. The fraction of sp³-hybridized carbons (Fsp3) is 0.133. The largest absolute Gasteiger partial charge is 0.289 e. The van der Waals surface area contributed by atoms with Crippen LogP contribution in [0.25, 0.3) is 6.08 Å². The average Bonchev–Trinajstić information content (AvgIpc) is 2.81. The summed E-state index contributed by atoms with van der Waals surface area (Å²) in [5.41, 5.74) is 1.95. The van der Waals surface area contributed by atoms with Gasteiger partial charge in [0.05, 0.1) is 4.92 Å². The fourth-order valence-electron chi connectivity index (χ4n) is 1.76. The molecule has 0 atom stereocenters. The van der Waals surface area contributed by atoms with Crippen LogP contribution in [0.2, 0.25) is 0 Å². The van der Waals surface area contributed by atoms with Crippen LogP contribution in [0.15, 0.2) is 35.7 Å². The zero-order valence-electron chi connectivity index (χ0n) is 11.1. The number of ketones is 1. The number of nitro groups is 1. The van der Waals surface area contributed by atoms with Crippen molar-refractivity contribution in [2.45, 2.75) is 13.8 Å². The van der Waals surface area contributed by atoms with Gasteiger partial charge in [-0.05, 0) is 43.0 Å². The zero-order valence-corrected chi connectivity index (χ0v) is 11.9. The Morgan fingerprint density at radius 3 is 2.60 bits per heavy atom. The molecule has 0 N–H and O–H groups in total. The molecule has 0 saturated heterocycles. The van der Waals surface area contributed by atoms with E-state index in [0.29, 0.717) is 11.1 Å². The lowest BCUT2D eigenvalue weighted by Gasteiger charge is -1.99. The van der Waals surface area contributed by atoms with Crippen molar-refractivity contribution in [1.29, 1.82) is 0 Å². The van der Waals surface area contributed by atoms with Gasteiger partial charge >= 0.3 is 0 Å². The molecule has 2 aromatic rings. The maximum absolute atomic E-state index is 12.0. The third-order valence-corrected chi connectivity index (χ3v) is 3.96. The first-order chi connectivity index (χ1) is 9.49. The topological polar surface area (TPSA) is 60.2 Å². The molecule has 0 aliphatic carbocycles. The van der Waals surface area contributed by atoms with Crippen molar-refractivity contribution >= 4 is 28.9 Å². The van der Waals surface area contributed by atoms with E-state index >= 15 is 0 Å². The average molecular weight is 287 g/mol. The minimum Gasteiger partial charge on any atom is -0.289 e. The van der Waals surface area contributed by atoms with Gasteiger partial charge in [-0.15, -0.1) is 11.3 Å². The molecule has 2 rings (SSSR count). The van der Waals surface area contributed by atoms with Gasteiger partial charge in [0.15, 0.2) is 5.78 Å². The molecular weight excluding hydrogens is 274 g/mol. The predicted octanol–water partition coefficient (Wildman–Crippen LogP) is 4.17. The standard InChI is InChI=1S/C15H13NO3S/c1-10-3-4-12(9-13(10)16(18)19)14(17)5-6-15-11(2)7-8-20-15/h3-9H,1-2H3/b6-5+. The molecular formula is C15H13NO3S. The quantitative estimate of drug-likeness (QED) is 0.367. The van der Waals surface area contributed by atoms with E-state index in [-0.39, 0.29) is 11.5 Å². The van der Waals surface area contributed by atoms with E-state index in [1.165, 1.54) is 12.1 Å². The minimum absolute atomic E-state index is 0.0310. The molecule has 102 valence electrons. The number of hydrogen-bond acceptors (Lipinski definition) is 4. The Hall–Kier alpha value is -2.27. The first-order valence-corrected chi connectivity index (χ1v) is 6.88. The van der Waals surface area contributed by atoms with Crippen molar-refractivity contribution in [2.75, 3.05) is 0 Å². The number of aryl methyl sites for hydroxylation is 2. The number of hydrogen-bond donors (Lipinski definition) is 0. The third kappa shape index (κ3) is 3.00. The first kappa shape index (κ1) is 14.1. The van der Waals surface area contributed by atoms with Gasteiger partial charge in [0.25, 0.3) is 5.69 Å². The van der Waals surface area contributed by atoms with Crippen LogP contribution < -0.4 is 0 Å². The minimum atomic E-state index is -0.473. The van der Waals surface area contributed by atoms with Crippen LogP contribution in [-0.2, 0) is 0 Å². The van der Waals surface area contributed by atoms with E-state index in [4.69, 9.17) is 0 Å². The summed E-state index contributed by atoms with van der Waals surface area (Å²) in [5, 5.41) is 12.8. The Morgan fingerprint density at radius 2 is 2.00 bits per heavy atom. The third-order valence-electron chi connectivity index (χ3n) is 2.98. The summed E-state index contributed by atoms with van der Waals surface area (Å²) in [6.45, 7) is 3.62. The molecule has 4 nitrogen and oxygen atoms in total. The molecule has 0 bridgehead atoms. The highest BCUT2D eigenvalue weighted by atomic mass is 32.1. The van der Waals surface area contributed by atoms with Crippen molar-refractivity contribution in [3.8, 4) is 0 Å². The molecule has 1 aromatic carbocycles. The second-order valence-corrected chi connectivity index (χ2v) is 5.37. The predicted molar refractivity (Wildman–Crippen MR) is 80.3 cm³/mol. The molecule has 1 aromatic heterocycles. The van der Waals surface area contributed by atoms with Crippen LogP contribution in [0, 0.1) is 24.0 Å². The summed E-state index contributed by atoms with van der Waals surface area (Å²) in [6.07, 6.45) is 3.20. The summed E-state index contributed by atoms with van der Waals surface area (Å²) in [4.78, 5) is 23.4. The summed E-state index contributed by atoms with van der Waals surface area (Å²) in [7, 11) is 0. The van der Waals surface area contributed by atoms with E-state index in [1.807, 2.05) is 18.4 Å². The summed E-state index contributed by atoms with van der Waals surface area (Å²) >= 11 is 1.55. The van der Waals surface area contributed by atoms with Crippen LogP contribution in [0.3, 0.4) is 0 Å². The number of rotatable bonds is 4. The van der Waals surface area contributed by atoms with Gasteiger partial charge in [-0.25, -0.2) is 0 Å². The molecule has 0 fully saturated rings. The highest BCUT2D eigenvalue weighted by molar-refractivity contribution is 7.11. The summed E-state index contributed by atoms with van der Waals surface area (Å²) in [5.74, 6) is -0.235. The van der Waals surface area contributed by atoms with Gasteiger partial charge < -0.3 is 0 Å². The normalized spacial score (nSPS) is 10.9. The maximum Gasteiger partial charge on any atom is 0.273 e. The molecule has 0 spiro atoms. The molecule has 1 heterocycles. The van der Waals surface area contributed by atoms with Crippen LogP contribution in [0.5, 0.6) is 0 Å².